The number of thioether (sulfide) groups is 1. The number of rotatable bonds is 4. The SMILES string of the molecule is CSc1nc(NN)cc(N(C)c2cccc(C)c2)n1. The van der Waals surface area contributed by atoms with Crippen LogP contribution < -0.4 is 16.2 Å². The van der Waals surface area contributed by atoms with Gasteiger partial charge < -0.3 is 10.3 Å². The lowest BCUT2D eigenvalue weighted by atomic mass is 10.2. The van der Waals surface area contributed by atoms with Crippen molar-refractivity contribution in [2.24, 2.45) is 5.84 Å². The molecule has 0 radical (unpaired) electrons. The lowest BCUT2D eigenvalue weighted by molar-refractivity contribution is 0.943. The van der Waals surface area contributed by atoms with Crippen molar-refractivity contribution in [1.82, 2.24) is 9.97 Å². The van der Waals surface area contributed by atoms with E-state index in [-0.39, 0.29) is 0 Å². The molecular formula is C13H17N5S. The minimum Gasteiger partial charge on any atom is -0.329 e. The topological polar surface area (TPSA) is 67.1 Å². The smallest absolute Gasteiger partial charge is 0.191 e. The molecule has 6 heteroatoms. The highest BCUT2D eigenvalue weighted by atomic mass is 32.2. The Kier molecular flexibility index (Phi) is 4.24. The molecule has 0 aliphatic rings. The van der Waals surface area contributed by atoms with Gasteiger partial charge in [-0.05, 0) is 30.9 Å². The molecule has 0 atom stereocenters. The molecule has 3 N–H and O–H groups in total. The number of benzene rings is 1. The molecule has 100 valence electrons. The standard InChI is InChI=1S/C13H17N5S/c1-9-5-4-6-10(7-9)18(2)12-8-11(17-14)15-13(16-12)19-3/h4-8H,14H2,1-3H3,(H,15,16,17). The van der Waals surface area contributed by atoms with Gasteiger partial charge in [-0.1, -0.05) is 23.9 Å². The number of aromatic nitrogens is 2. The molecule has 2 rings (SSSR count). The van der Waals surface area contributed by atoms with Crippen LogP contribution in [0.5, 0.6) is 0 Å². The molecule has 5 nitrogen and oxygen atoms in total. The molecule has 19 heavy (non-hydrogen) atoms. The van der Waals surface area contributed by atoms with Gasteiger partial charge in [0.2, 0.25) is 0 Å². The first kappa shape index (κ1) is 13.6. The van der Waals surface area contributed by atoms with Gasteiger partial charge in [0.25, 0.3) is 0 Å². The van der Waals surface area contributed by atoms with Crippen molar-refractivity contribution in [3.63, 3.8) is 0 Å². The van der Waals surface area contributed by atoms with Crippen LogP contribution in [0.25, 0.3) is 0 Å². The molecule has 2 aromatic rings. The maximum Gasteiger partial charge on any atom is 0.191 e. The van der Waals surface area contributed by atoms with E-state index in [9.17, 15) is 0 Å². The van der Waals surface area contributed by atoms with Gasteiger partial charge in [0.1, 0.15) is 11.6 Å². The molecule has 1 aromatic heterocycles. The number of nitrogen functional groups attached to an aromatic ring is 1. The number of aryl methyl sites for hydroxylation is 1. The minimum atomic E-state index is 0.605. The summed E-state index contributed by atoms with van der Waals surface area (Å²) in [5.41, 5.74) is 4.86. The van der Waals surface area contributed by atoms with E-state index in [1.807, 2.05) is 36.4 Å². The van der Waals surface area contributed by atoms with Gasteiger partial charge in [-0.15, -0.1) is 0 Å². The van der Waals surface area contributed by atoms with Crippen LogP contribution in [0, 0.1) is 6.92 Å². The molecule has 0 saturated carbocycles. The first-order valence-electron chi connectivity index (χ1n) is 5.84. The summed E-state index contributed by atoms with van der Waals surface area (Å²) in [6.07, 6.45) is 1.94. The van der Waals surface area contributed by atoms with Crippen LogP contribution in [0.15, 0.2) is 35.5 Å². The number of nitrogens with one attached hydrogen (secondary N) is 1. The fraction of sp³-hybridized carbons (Fsp3) is 0.231. The van der Waals surface area contributed by atoms with Crippen LogP contribution in [0.2, 0.25) is 0 Å². The van der Waals surface area contributed by atoms with Gasteiger partial charge in [-0.2, -0.15) is 0 Å². The second kappa shape index (κ2) is 5.90. The molecule has 0 saturated heterocycles. The Hall–Kier alpha value is -1.79. The first-order valence-corrected chi connectivity index (χ1v) is 7.06. The predicted octanol–water partition coefficient (Wildman–Crippen LogP) is 2.56. The van der Waals surface area contributed by atoms with E-state index >= 15 is 0 Å². The Balaban J connectivity index is 2.40. The maximum absolute atomic E-state index is 5.44. The highest BCUT2D eigenvalue weighted by Gasteiger charge is 2.09. The van der Waals surface area contributed by atoms with E-state index in [1.165, 1.54) is 17.3 Å². The molecule has 0 amide bonds. The number of hydrogen-bond acceptors (Lipinski definition) is 6. The lowest BCUT2D eigenvalue weighted by Crippen LogP contribution is -2.15. The molecule has 1 heterocycles. The maximum atomic E-state index is 5.44. The Morgan fingerprint density at radius 1 is 1.26 bits per heavy atom. The lowest BCUT2D eigenvalue weighted by Gasteiger charge is -2.19. The summed E-state index contributed by atoms with van der Waals surface area (Å²) in [5.74, 6) is 6.85. The Morgan fingerprint density at radius 3 is 2.68 bits per heavy atom. The normalized spacial score (nSPS) is 10.3. The van der Waals surface area contributed by atoms with Crippen molar-refractivity contribution < 1.29 is 0 Å². The van der Waals surface area contributed by atoms with Crippen molar-refractivity contribution >= 4 is 29.1 Å². The molecule has 0 unspecified atom stereocenters. The number of nitrogens with two attached hydrogens (primary N) is 1. The number of nitrogens with zero attached hydrogens (tertiary/aromatic N) is 3. The summed E-state index contributed by atoms with van der Waals surface area (Å²) in [4.78, 5) is 10.8. The van der Waals surface area contributed by atoms with Crippen molar-refractivity contribution in [1.29, 1.82) is 0 Å². The quantitative estimate of drug-likeness (QED) is 0.387. The van der Waals surface area contributed by atoms with Crippen LogP contribution in [-0.4, -0.2) is 23.3 Å². The molecule has 0 aliphatic heterocycles. The van der Waals surface area contributed by atoms with Gasteiger partial charge in [-0.25, -0.2) is 15.8 Å². The van der Waals surface area contributed by atoms with Crippen molar-refractivity contribution in [3.8, 4) is 0 Å². The van der Waals surface area contributed by atoms with E-state index in [4.69, 9.17) is 5.84 Å². The summed E-state index contributed by atoms with van der Waals surface area (Å²) < 4.78 is 0. The Morgan fingerprint density at radius 2 is 2.05 bits per heavy atom. The molecular weight excluding hydrogens is 258 g/mol. The average molecular weight is 275 g/mol. The van der Waals surface area contributed by atoms with E-state index in [0.29, 0.717) is 11.0 Å². The molecule has 0 fully saturated rings. The van der Waals surface area contributed by atoms with Crippen LogP contribution in [0.3, 0.4) is 0 Å². The molecule has 0 aliphatic carbocycles. The summed E-state index contributed by atoms with van der Waals surface area (Å²) in [6.45, 7) is 2.07. The second-order valence-corrected chi connectivity index (χ2v) is 4.91. The number of hydrogen-bond donors (Lipinski definition) is 2. The first-order chi connectivity index (χ1) is 9.13. The van der Waals surface area contributed by atoms with Gasteiger partial charge in [0, 0.05) is 18.8 Å². The van der Waals surface area contributed by atoms with Crippen molar-refractivity contribution in [2.45, 2.75) is 12.1 Å². The fourth-order valence-electron chi connectivity index (χ4n) is 1.72. The van der Waals surface area contributed by atoms with Crippen molar-refractivity contribution in [2.75, 3.05) is 23.6 Å². The van der Waals surface area contributed by atoms with Crippen LogP contribution in [0.4, 0.5) is 17.3 Å². The van der Waals surface area contributed by atoms with Gasteiger partial charge in [0.05, 0.1) is 0 Å². The summed E-state index contributed by atoms with van der Waals surface area (Å²) in [6, 6.07) is 10.1. The van der Waals surface area contributed by atoms with E-state index in [0.717, 1.165) is 11.5 Å². The zero-order valence-corrected chi connectivity index (χ0v) is 12.0. The number of anilines is 3. The van der Waals surface area contributed by atoms with Crippen LogP contribution in [-0.2, 0) is 0 Å². The molecule has 1 aromatic carbocycles. The average Bonchev–Trinajstić information content (AvgIpc) is 2.45. The van der Waals surface area contributed by atoms with E-state index in [1.54, 1.807) is 0 Å². The summed E-state index contributed by atoms with van der Waals surface area (Å²) in [5, 5.41) is 0.685. The van der Waals surface area contributed by atoms with Gasteiger partial charge >= 0.3 is 0 Å². The van der Waals surface area contributed by atoms with Crippen molar-refractivity contribution in [3.05, 3.63) is 35.9 Å². The zero-order valence-electron chi connectivity index (χ0n) is 11.2. The van der Waals surface area contributed by atoms with Gasteiger partial charge in [0.15, 0.2) is 5.16 Å². The Bertz CT molecular complexity index is 550. The van der Waals surface area contributed by atoms with E-state index in [2.05, 4.69) is 34.5 Å². The van der Waals surface area contributed by atoms with Crippen LogP contribution in [0.1, 0.15) is 5.56 Å². The third kappa shape index (κ3) is 3.15. The Labute approximate surface area is 117 Å². The third-order valence-electron chi connectivity index (χ3n) is 2.76. The summed E-state index contributed by atoms with van der Waals surface area (Å²) in [7, 11) is 1.97. The molecule has 0 spiro atoms. The highest BCUT2D eigenvalue weighted by Crippen LogP contribution is 2.25. The zero-order chi connectivity index (χ0) is 13.8. The summed E-state index contributed by atoms with van der Waals surface area (Å²) >= 11 is 1.48. The van der Waals surface area contributed by atoms with E-state index < -0.39 is 0 Å². The fourth-order valence-corrected chi connectivity index (χ4v) is 2.09. The number of hydrazine groups is 1. The predicted molar refractivity (Wildman–Crippen MR) is 80.9 cm³/mol. The second-order valence-electron chi connectivity index (χ2n) is 4.14. The largest absolute Gasteiger partial charge is 0.329 e. The van der Waals surface area contributed by atoms with Gasteiger partial charge in [-0.3, -0.25) is 0 Å². The highest BCUT2D eigenvalue weighted by molar-refractivity contribution is 7.98. The molecule has 0 bridgehead atoms. The minimum absolute atomic E-state index is 0.605. The van der Waals surface area contributed by atoms with Crippen LogP contribution >= 0.6 is 11.8 Å². The third-order valence-corrected chi connectivity index (χ3v) is 3.30. The monoisotopic (exact) mass is 275 g/mol.